The van der Waals surface area contributed by atoms with Crippen molar-refractivity contribution < 1.29 is 52.9 Å². The standard InChI is InChI=1S/C55H67N7O11S3/c1-30-22-33-18-21-62(25-37-23-35(28-74-37)46(56)60-51(67)72-53(6,7)8)40(33)17-20-55(30,68)19-16-34-27-75-45-38(31(2)42(34)48(65)70-26-32-12-14-36(69-11)15-13-32)24-41(63)44(45)59-47(64)43(39-29-76-50(57)58-39)61-73-54(9,10)49(66)71-52(3,4)5/h12-15,17-18,20-23,28-29,31,38,44-45,68H,16,19,24-27H2,1-11H3,(H2,57,58)(H,59,64)(H2,56,60,67)/b61-43-/t31?,38?,44-,45+,55?/m1/s1. The Morgan fingerprint density at radius 3 is 2.38 bits per heavy atom. The van der Waals surface area contributed by atoms with Gasteiger partial charge in [-0.2, -0.15) is 11.8 Å². The number of thiophene rings is 1. The van der Waals surface area contributed by atoms with Crippen molar-refractivity contribution >= 4 is 93.0 Å². The Morgan fingerprint density at radius 2 is 1.72 bits per heavy atom. The van der Waals surface area contributed by atoms with E-state index >= 15 is 0 Å². The molecular formula is C55H67N7O11S3. The summed E-state index contributed by atoms with van der Waals surface area (Å²) >= 11 is 3.98. The molecule has 1 saturated carbocycles. The maximum absolute atomic E-state index is 14.5. The number of thioether (sulfide) groups is 1. The minimum Gasteiger partial charge on any atom is -0.497 e. The number of fused-ring (bicyclic) bond motifs is 2. The van der Waals surface area contributed by atoms with Crippen LogP contribution in [0.25, 0.3) is 12.2 Å². The second-order valence-electron chi connectivity index (χ2n) is 21.6. The van der Waals surface area contributed by atoms with E-state index < -0.39 is 69.5 Å². The molecule has 6 N–H and O–H groups in total. The Morgan fingerprint density at radius 1 is 1.01 bits per heavy atom. The third-order valence-corrected chi connectivity index (χ3v) is 16.2. The second-order valence-corrected chi connectivity index (χ2v) is 24.6. The van der Waals surface area contributed by atoms with Gasteiger partial charge in [-0.3, -0.25) is 20.3 Å². The Balaban J connectivity index is 1.12. The number of carbonyl (C=O) groups excluding carboxylic acids is 5. The third-order valence-electron chi connectivity index (χ3n) is 13.0. The van der Waals surface area contributed by atoms with Gasteiger partial charge in [0.1, 0.15) is 46.7 Å². The molecule has 3 aliphatic rings. The van der Waals surface area contributed by atoms with Crippen LogP contribution in [0.1, 0.15) is 121 Å². The summed E-state index contributed by atoms with van der Waals surface area (Å²) in [5.41, 5.74) is 6.13. The van der Waals surface area contributed by atoms with Gasteiger partial charge in [-0.25, -0.2) is 19.4 Å². The molecule has 4 aromatic rings. The highest BCUT2D eigenvalue weighted by atomic mass is 32.2. The SMILES string of the molecule is COc1ccc(COC(=O)C2=C(CCC3(O)C=Cc4c(ccn4Cc4cc(C(=N)NC(=O)OC(C)(C)C)cs4)C=C3C)CS[C@H]3C(CC(=O)[C@H]3NC(=O)/C(=N\OC(C)(C)C(=O)OC(C)(C)C)c3csc(N)n3)C2C)cc1. The number of hydrogen-bond acceptors (Lipinski definition) is 18. The summed E-state index contributed by atoms with van der Waals surface area (Å²) in [6.45, 7) is 17.6. The number of carbonyl (C=O) groups is 5. The lowest BCUT2D eigenvalue weighted by atomic mass is 9.81. The van der Waals surface area contributed by atoms with E-state index in [2.05, 4.69) is 25.3 Å². The van der Waals surface area contributed by atoms with Gasteiger partial charge in [0.2, 0.25) is 5.60 Å². The number of nitrogens with one attached hydrogen (secondary N) is 3. The highest BCUT2D eigenvalue weighted by Gasteiger charge is 2.50. The lowest BCUT2D eigenvalue weighted by molar-refractivity contribution is -0.179. The van der Waals surface area contributed by atoms with Crippen LogP contribution in [-0.2, 0) is 51.4 Å². The number of anilines is 1. The monoisotopic (exact) mass is 1100 g/mol. The van der Waals surface area contributed by atoms with Gasteiger partial charge < -0.3 is 44.5 Å². The number of hydrogen-bond donors (Lipinski definition) is 5. The van der Waals surface area contributed by atoms with E-state index in [4.69, 9.17) is 34.9 Å². The van der Waals surface area contributed by atoms with Gasteiger partial charge in [-0.05, 0) is 146 Å². The number of esters is 2. The molecule has 0 radical (unpaired) electrons. The number of aliphatic hydroxyl groups is 1. The number of nitrogens with zero attached hydrogens (tertiary/aromatic N) is 3. The van der Waals surface area contributed by atoms with Crippen molar-refractivity contribution in [3.05, 3.63) is 109 Å². The van der Waals surface area contributed by atoms with E-state index in [1.165, 1.54) is 42.3 Å². The van der Waals surface area contributed by atoms with E-state index in [1.807, 2.05) is 61.8 Å². The van der Waals surface area contributed by atoms with E-state index in [0.717, 1.165) is 38.6 Å². The number of aromatic nitrogens is 2. The number of nitrogens with two attached hydrogens (primary N) is 1. The molecule has 1 fully saturated rings. The van der Waals surface area contributed by atoms with Crippen LogP contribution < -0.4 is 21.1 Å². The van der Waals surface area contributed by atoms with Crippen LogP contribution in [0.15, 0.2) is 81.3 Å². The van der Waals surface area contributed by atoms with E-state index in [9.17, 15) is 29.1 Å². The number of thiazole rings is 1. The first-order valence-corrected chi connectivity index (χ1v) is 27.6. The maximum atomic E-state index is 14.5. The Kier molecular flexibility index (Phi) is 17.3. The zero-order valence-electron chi connectivity index (χ0n) is 44.7. The van der Waals surface area contributed by atoms with Crippen LogP contribution in [0.3, 0.4) is 0 Å². The number of alkyl carbamates (subject to hydrolysis) is 1. The number of amides is 2. The largest absolute Gasteiger partial charge is 0.497 e. The fraction of sp³-hybridized carbons (Fsp3) is 0.455. The molecule has 76 heavy (non-hydrogen) atoms. The number of methoxy groups -OCH3 is 1. The number of nitrogen functional groups attached to an aromatic ring is 1. The number of benzene rings is 1. The van der Waals surface area contributed by atoms with Crippen LogP contribution >= 0.6 is 34.4 Å². The Hall–Kier alpha value is -6.55. The maximum Gasteiger partial charge on any atom is 0.413 e. The van der Waals surface area contributed by atoms with Gasteiger partial charge in [0.15, 0.2) is 16.6 Å². The molecule has 406 valence electrons. The van der Waals surface area contributed by atoms with Crippen molar-refractivity contribution in [2.24, 2.45) is 17.0 Å². The molecule has 4 heterocycles. The van der Waals surface area contributed by atoms with Crippen molar-refractivity contribution in [2.75, 3.05) is 18.6 Å². The van der Waals surface area contributed by atoms with Gasteiger partial charge in [0.05, 0.1) is 13.7 Å². The molecule has 3 aromatic heterocycles. The summed E-state index contributed by atoms with van der Waals surface area (Å²) in [7, 11) is 1.57. The van der Waals surface area contributed by atoms with E-state index in [1.54, 1.807) is 66.9 Å². The highest BCUT2D eigenvalue weighted by molar-refractivity contribution is 8.00. The highest BCUT2D eigenvalue weighted by Crippen LogP contribution is 2.47. The van der Waals surface area contributed by atoms with Gasteiger partial charge >= 0.3 is 18.0 Å². The second kappa shape index (κ2) is 23.0. The summed E-state index contributed by atoms with van der Waals surface area (Å²) in [5.74, 6) is -2.30. The number of ketones is 1. The zero-order valence-corrected chi connectivity index (χ0v) is 47.1. The van der Waals surface area contributed by atoms with Gasteiger partial charge in [0.25, 0.3) is 5.91 Å². The lowest BCUT2D eigenvalue weighted by Gasteiger charge is -2.27. The summed E-state index contributed by atoms with van der Waals surface area (Å²) in [5, 5.41) is 33.5. The molecule has 18 nitrogen and oxygen atoms in total. The first-order chi connectivity index (χ1) is 35.6. The first-order valence-electron chi connectivity index (χ1n) is 24.8. The summed E-state index contributed by atoms with van der Waals surface area (Å²) in [6.07, 6.45) is 7.45. The average Bonchev–Trinajstić information content (AvgIpc) is 4.11. The fourth-order valence-corrected chi connectivity index (χ4v) is 12.1. The smallest absolute Gasteiger partial charge is 0.413 e. The van der Waals surface area contributed by atoms with Crippen LogP contribution in [-0.4, -0.2) is 102 Å². The molecule has 0 saturated heterocycles. The van der Waals surface area contributed by atoms with Crippen LogP contribution in [0.5, 0.6) is 5.75 Å². The van der Waals surface area contributed by atoms with Crippen LogP contribution in [0, 0.1) is 17.2 Å². The molecule has 21 heteroatoms. The minimum absolute atomic E-state index is 0.0186. The van der Waals surface area contributed by atoms with Crippen molar-refractivity contribution in [3.8, 4) is 5.75 Å². The molecule has 3 unspecified atom stereocenters. The van der Waals surface area contributed by atoms with Crippen molar-refractivity contribution in [1.29, 1.82) is 5.41 Å². The Bertz CT molecular complexity index is 3010. The Labute approximate surface area is 455 Å². The number of ether oxygens (including phenoxy) is 4. The molecule has 0 bridgehead atoms. The first kappa shape index (κ1) is 57.2. The van der Waals surface area contributed by atoms with Crippen molar-refractivity contribution in [1.82, 2.24) is 20.2 Å². The fourth-order valence-electron chi connectivity index (χ4n) is 8.98. The van der Waals surface area contributed by atoms with Crippen LogP contribution in [0.4, 0.5) is 9.93 Å². The number of Topliss-reactive ketones (excluding diaryl/α,β-unsaturated/α-hetero) is 1. The van der Waals surface area contributed by atoms with Crippen LogP contribution in [0.2, 0.25) is 0 Å². The molecular weight excluding hydrogens is 1030 g/mol. The summed E-state index contributed by atoms with van der Waals surface area (Å²) in [4.78, 5) is 79.2. The molecule has 5 atom stereocenters. The van der Waals surface area contributed by atoms with E-state index in [0.29, 0.717) is 35.4 Å². The van der Waals surface area contributed by atoms with Gasteiger partial charge in [0, 0.05) is 56.1 Å². The summed E-state index contributed by atoms with van der Waals surface area (Å²) in [6, 6.07) is 10.0. The third kappa shape index (κ3) is 13.9. The lowest BCUT2D eigenvalue weighted by Crippen LogP contribution is -2.47. The number of amidine groups is 1. The topological polar surface area (TPSA) is 256 Å². The minimum atomic E-state index is -1.61. The molecule has 0 spiro atoms. The van der Waals surface area contributed by atoms with Crippen molar-refractivity contribution in [3.63, 3.8) is 0 Å². The molecule has 1 aliphatic heterocycles. The molecule has 2 aliphatic carbocycles. The van der Waals surface area contributed by atoms with Crippen molar-refractivity contribution in [2.45, 2.75) is 135 Å². The van der Waals surface area contributed by atoms with E-state index in [-0.39, 0.29) is 53.4 Å². The van der Waals surface area contributed by atoms with Gasteiger partial charge in [-0.1, -0.05) is 30.3 Å². The quantitative estimate of drug-likeness (QED) is 0.0231. The predicted molar refractivity (Wildman–Crippen MR) is 295 cm³/mol. The summed E-state index contributed by atoms with van der Waals surface area (Å²) < 4.78 is 24.2. The molecule has 7 rings (SSSR count). The molecule has 2 amide bonds. The number of oxime groups is 1. The zero-order chi connectivity index (χ0) is 55.5. The normalized spacial score (nSPS) is 20.9. The predicted octanol–water partition coefficient (Wildman–Crippen LogP) is 8.84. The number of rotatable bonds is 16. The average molecular weight is 1100 g/mol. The van der Waals surface area contributed by atoms with Gasteiger partial charge in [-0.15, -0.1) is 22.7 Å². The molecule has 1 aromatic carbocycles.